The molecule has 0 atom stereocenters. The fourth-order valence-corrected chi connectivity index (χ4v) is 2.26. The number of carbonyl (C=O) groups excluding carboxylic acids is 1. The summed E-state index contributed by atoms with van der Waals surface area (Å²) < 4.78 is 12.9. The van der Waals surface area contributed by atoms with Gasteiger partial charge in [-0.2, -0.15) is 4.39 Å². The molecular formula is C13H18FN3O. The van der Waals surface area contributed by atoms with Crippen LogP contribution in [0.2, 0.25) is 0 Å². The van der Waals surface area contributed by atoms with E-state index < -0.39 is 5.95 Å². The van der Waals surface area contributed by atoms with Crippen molar-refractivity contribution < 1.29 is 9.18 Å². The Kier molecular flexibility index (Phi) is 3.61. The van der Waals surface area contributed by atoms with Crippen LogP contribution in [0.1, 0.15) is 29.6 Å². The Morgan fingerprint density at radius 3 is 2.78 bits per heavy atom. The van der Waals surface area contributed by atoms with Gasteiger partial charge in [0.2, 0.25) is 5.95 Å². The third kappa shape index (κ3) is 2.51. The van der Waals surface area contributed by atoms with Gasteiger partial charge < -0.3 is 10.2 Å². The van der Waals surface area contributed by atoms with Gasteiger partial charge in [0.25, 0.3) is 5.91 Å². The second kappa shape index (κ2) is 5.02. The van der Waals surface area contributed by atoms with Crippen LogP contribution < -0.4 is 5.32 Å². The molecule has 1 N–H and O–H groups in total. The largest absolute Gasteiger partial charge is 0.350 e. The number of carbonyl (C=O) groups is 1. The van der Waals surface area contributed by atoms with Crippen molar-refractivity contribution in [1.82, 2.24) is 15.2 Å². The molecule has 98 valence electrons. The lowest BCUT2D eigenvalue weighted by Gasteiger charge is -2.47. The molecule has 18 heavy (non-hydrogen) atoms. The van der Waals surface area contributed by atoms with Gasteiger partial charge in [0.15, 0.2) is 0 Å². The second-order valence-electron chi connectivity index (χ2n) is 5.02. The van der Waals surface area contributed by atoms with E-state index in [9.17, 15) is 9.18 Å². The Labute approximate surface area is 106 Å². The highest BCUT2D eigenvalue weighted by Crippen LogP contribution is 2.35. The Bertz CT molecular complexity index is 444. The molecule has 1 aromatic rings. The lowest BCUT2D eigenvalue weighted by molar-refractivity contribution is 0.0557. The van der Waals surface area contributed by atoms with Gasteiger partial charge in [-0.05, 0) is 39.4 Å². The number of aromatic nitrogens is 1. The Hall–Kier alpha value is -1.49. The van der Waals surface area contributed by atoms with Crippen LogP contribution in [0.4, 0.5) is 4.39 Å². The van der Waals surface area contributed by atoms with Gasteiger partial charge in [-0.1, -0.05) is 0 Å². The zero-order valence-corrected chi connectivity index (χ0v) is 10.7. The van der Waals surface area contributed by atoms with E-state index in [0.717, 1.165) is 18.9 Å². The number of hydrogen-bond acceptors (Lipinski definition) is 3. The number of nitrogens with one attached hydrogen (secondary N) is 1. The summed E-state index contributed by atoms with van der Waals surface area (Å²) in [5.41, 5.74) is 0.386. The summed E-state index contributed by atoms with van der Waals surface area (Å²) in [4.78, 5) is 17.5. The van der Waals surface area contributed by atoms with Crippen LogP contribution in [-0.4, -0.2) is 42.0 Å². The fraction of sp³-hybridized carbons (Fsp3) is 0.538. The Balaban J connectivity index is 1.96. The molecule has 0 aliphatic heterocycles. The van der Waals surface area contributed by atoms with Crippen molar-refractivity contribution in [2.24, 2.45) is 0 Å². The molecule has 1 aliphatic carbocycles. The first kappa shape index (κ1) is 13.0. The molecule has 2 rings (SSSR count). The van der Waals surface area contributed by atoms with E-state index in [1.807, 2.05) is 14.1 Å². The van der Waals surface area contributed by atoms with Gasteiger partial charge in [0.05, 0.1) is 0 Å². The standard InChI is InChI=1S/C13H18FN3O/c1-17(2)13(5-3-6-13)9-16-12(18)10-4-7-15-11(14)8-10/h4,7-8H,3,5-6,9H2,1-2H3,(H,16,18). The predicted molar refractivity (Wildman–Crippen MR) is 66.8 cm³/mol. The summed E-state index contributed by atoms with van der Waals surface area (Å²) in [5.74, 6) is -0.877. The average molecular weight is 251 g/mol. The van der Waals surface area contributed by atoms with Crippen LogP contribution in [0.25, 0.3) is 0 Å². The van der Waals surface area contributed by atoms with Gasteiger partial charge in [-0.15, -0.1) is 0 Å². The number of halogens is 1. The maximum atomic E-state index is 12.9. The monoisotopic (exact) mass is 251 g/mol. The second-order valence-corrected chi connectivity index (χ2v) is 5.02. The minimum atomic E-state index is -0.631. The van der Waals surface area contributed by atoms with Gasteiger partial charge in [0.1, 0.15) is 0 Å². The molecule has 1 aromatic heterocycles. The third-order valence-corrected chi connectivity index (χ3v) is 3.80. The van der Waals surface area contributed by atoms with Crippen molar-refractivity contribution in [3.63, 3.8) is 0 Å². The summed E-state index contributed by atoms with van der Waals surface area (Å²) in [7, 11) is 4.05. The van der Waals surface area contributed by atoms with Crippen LogP contribution >= 0.6 is 0 Å². The molecule has 4 nitrogen and oxygen atoms in total. The number of pyridine rings is 1. The SMILES string of the molecule is CN(C)C1(CNC(=O)c2ccnc(F)c2)CCC1. The third-order valence-electron chi connectivity index (χ3n) is 3.80. The molecule has 1 aliphatic rings. The molecule has 1 amide bonds. The lowest BCUT2D eigenvalue weighted by Crippen LogP contribution is -2.57. The van der Waals surface area contributed by atoms with Gasteiger partial charge in [0, 0.05) is 29.9 Å². The molecule has 0 aromatic carbocycles. The van der Waals surface area contributed by atoms with E-state index >= 15 is 0 Å². The maximum Gasteiger partial charge on any atom is 0.251 e. The zero-order chi connectivity index (χ0) is 13.2. The smallest absolute Gasteiger partial charge is 0.251 e. The number of likely N-dealkylation sites (N-methyl/N-ethyl adjacent to an activating group) is 1. The Morgan fingerprint density at radius 1 is 1.56 bits per heavy atom. The minimum Gasteiger partial charge on any atom is -0.350 e. The van der Waals surface area contributed by atoms with E-state index in [0.29, 0.717) is 12.1 Å². The molecule has 0 saturated heterocycles. The molecule has 5 heteroatoms. The van der Waals surface area contributed by atoms with Crippen LogP contribution in [-0.2, 0) is 0 Å². The summed E-state index contributed by atoms with van der Waals surface area (Å²) in [5, 5.41) is 2.88. The normalized spacial score (nSPS) is 17.3. The first-order valence-corrected chi connectivity index (χ1v) is 6.11. The van der Waals surface area contributed by atoms with E-state index in [2.05, 4.69) is 15.2 Å². The summed E-state index contributed by atoms with van der Waals surface area (Å²) in [6.45, 7) is 0.600. The number of rotatable bonds is 4. The zero-order valence-electron chi connectivity index (χ0n) is 10.7. The molecule has 0 radical (unpaired) electrons. The first-order valence-electron chi connectivity index (χ1n) is 6.11. The molecule has 1 saturated carbocycles. The molecule has 0 bridgehead atoms. The Morgan fingerprint density at radius 2 is 2.28 bits per heavy atom. The van der Waals surface area contributed by atoms with Crippen LogP contribution in [0.15, 0.2) is 18.3 Å². The van der Waals surface area contributed by atoms with E-state index in [4.69, 9.17) is 0 Å². The first-order chi connectivity index (χ1) is 8.53. The lowest BCUT2D eigenvalue weighted by atomic mass is 9.75. The van der Waals surface area contributed by atoms with Crippen molar-refractivity contribution in [3.05, 3.63) is 29.8 Å². The topological polar surface area (TPSA) is 45.2 Å². The van der Waals surface area contributed by atoms with Crippen molar-refractivity contribution in [3.8, 4) is 0 Å². The fourth-order valence-electron chi connectivity index (χ4n) is 2.26. The van der Waals surface area contributed by atoms with Crippen molar-refractivity contribution in [1.29, 1.82) is 0 Å². The van der Waals surface area contributed by atoms with Crippen LogP contribution in [0.3, 0.4) is 0 Å². The molecule has 0 spiro atoms. The van der Waals surface area contributed by atoms with Crippen LogP contribution in [0.5, 0.6) is 0 Å². The maximum absolute atomic E-state index is 12.9. The van der Waals surface area contributed by atoms with Crippen molar-refractivity contribution >= 4 is 5.91 Å². The number of nitrogens with zero attached hydrogens (tertiary/aromatic N) is 2. The summed E-state index contributed by atoms with van der Waals surface area (Å²) in [6, 6.07) is 2.67. The predicted octanol–water partition coefficient (Wildman–Crippen LogP) is 1.43. The number of amides is 1. The quantitative estimate of drug-likeness (QED) is 0.823. The average Bonchev–Trinajstić information content (AvgIpc) is 2.26. The molecular weight excluding hydrogens is 233 g/mol. The van der Waals surface area contributed by atoms with E-state index in [-0.39, 0.29) is 11.4 Å². The van der Waals surface area contributed by atoms with Crippen molar-refractivity contribution in [2.75, 3.05) is 20.6 Å². The minimum absolute atomic E-state index is 0.0707. The molecule has 1 heterocycles. The summed E-state index contributed by atoms with van der Waals surface area (Å²) in [6.07, 6.45) is 4.67. The van der Waals surface area contributed by atoms with Crippen LogP contribution in [0, 0.1) is 5.95 Å². The highest BCUT2D eigenvalue weighted by atomic mass is 19.1. The highest BCUT2D eigenvalue weighted by Gasteiger charge is 2.39. The molecule has 0 unspecified atom stereocenters. The van der Waals surface area contributed by atoms with Gasteiger partial charge in [-0.3, -0.25) is 4.79 Å². The van der Waals surface area contributed by atoms with Crippen molar-refractivity contribution in [2.45, 2.75) is 24.8 Å². The van der Waals surface area contributed by atoms with Gasteiger partial charge >= 0.3 is 0 Å². The van der Waals surface area contributed by atoms with Gasteiger partial charge in [-0.25, -0.2) is 4.98 Å². The summed E-state index contributed by atoms with van der Waals surface area (Å²) >= 11 is 0. The van der Waals surface area contributed by atoms with E-state index in [1.165, 1.54) is 18.7 Å². The van der Waals surface area contributed by atoms with E-state index in [1.54, 1.807) is 0 Å². The number of hydrogen-bond donors (Lipinski definition) is 1. The molecule has 1 fully saturated rings. The highest BCUT2D eigenvalue weighted by molar-refractivity contribution is 5.94.